The number of rotatable bonds is 4. The molecule has 0 bridgehead atoms. The molecule has 0 saturated heterocycles. The summed E-state index contributed by atoms with van der Waals surface area (Å²) in [6.45, 7) is 0.641. The summed E-state index contributed by atoms with van der Waals surface area (Å²) in [4.78, 5) is 46.3. The van der Waals surface area contributed by atoms with Gasteiger partial charge >= 0.3 is 11.3 Å². The number of carbonyl (C=O) groups excluding carboxylic acids is 1. The molecule has 10 heteroatoms. The second kappa shape index (κ2) is 4.74. The van der Waals surface area contributed by atoms with Crippen molar-refractivity contribution in [3.8, 4) is 0 Å². The molecule has 21 heavy (non-hydrogen) atoms. The zero-order valence-corrected chi connectivity index (χ0v) is 10.5. The highest BCUT2D eigenvalue weighted by atomic mass is 16.7. The fourth-order valence-corrected chi connectivity index (χ4v) is 1.83. The van der Waals surface area contributed by atoms with E-state index < -0.39 is 32.6 Å². The third kappa shape index (κ3) is 1.93. The number of nitro groups is 2. The molecule has 0 N–H and O–H groups in total. The summed E-state index contributed by atoms with van der Waals surface area (Å²) in [6.07, 6.45) is 0. The number of benzene rings is 1. The summed E-state index contributed by atoms with van der Waals surface area (Å²) < 4.78 is 4.77. The van der Waals surface area contributed by atoms with Crippen molar-refractivity contribution in [3.05, 3.63) is 60.6 Å². The van der Waals surface area contributed by atoms with Crippen LogP contribution in [-0.4, -0.2) is 20.6 Å². The van der Waals surface area contributed by atoms with E-state index >= 15 is 0 Å². The Labute approximate surface area is 115 Å². The van der Waals surface area contributed by atoms with Gasteiger partial charge in [-0.25, -0.2) is 9.78 Å². The molecular formula is C11H7N3O7. The summed E-state index contributed by atoms with van der Waals surface area (Å²) in [7, 11) is 0. The molecule has 2 rings (SSSR count). The maximum Gasteiger partial charge on any atom is 0.565 e. The average molecular weight is 293 g/mol. The Morgan fingerprint density at radius 3 is 2.33 bits per heavy atom. The van der Waals surface area contributed by atoms with Crippen LogP contribution in [0.5, 0.6) is 0 Å². The van der Waals surface area contributed by atoms with Crippen molar-refractivity contribution >= 4 is 16.9 Å². The molecule has 0 spiro atoms. The van der Waals surface area contributed by atoms with E-state index in [1.807, 2.05) is 0 Å². The largest absolute Gasteiger partial charge is 0.565 e. The minimum atomic E-state index is -3.48. The SMILES string of the molecule is CC(=O)C(c1nc2ccccc2oc1=O)([N+](=O)[O-])[N+](=O)[O-]. The minimum Gasteiger partial charge on any atom is -0.419 e. The Hall–Kier alpha value is -3.17. The predicted octanol–water partition coefficient (Wildman–Crippen LogP) is 0.483. The first kappa shape index (κ1) is 14.2. The van der Waals surface area contributed by atoms with Crippen LogP contribution < -0.4 is 5.63 Å². The smallest absolute Gasteiger partial charge is 0.419 e. The standard InChI is InChI=1S/C11H7N3O7/c1-6(15)11(13(17)18,14(19)20)9-10(16)21-8-5-3-2-4-7(8)12-9/h2-5H,1H3. The molecule has 2 aromatic rings. The van der Waals surface area contributed by atoms with Crippen molar-refractivity contribution in [3.63, 3.8) is 0 Å². The molecular weight excluding hydrogens is 286 g/mol. The van der Waals surface area contributed by atoms with Crippen LogP contribution in [0.2, 0.25) is 0 Å². The number of carbonyl (C=O) groups is 1. The van der Waals surface area contributed by atoms with Gasteiger partial charge < -0.3 is 4.42 Å². The first-order valence-corrected chi connectivity index (χ1v) is 5.52. The highest BCUT2D eigenvalue weighted by Gasteiger charge is 2.67. The second-order valence-corrected chi connectivity index (χ2v) is 4.06. The number of aromatic nitrogens is 1. The van der Waals surface area contributed by atoms with Gasteiger partial charge in [-0.1, -0.05) is 12.1 Å². The number of fused-ring (bicyclic) bond motifs is 1. The van der Waals surface area contributed by atoms with Crippen LogP contribution >= 0.6 is 0 Å². The van der Waals surface area contributed by atoms with E-state index in [1.165, 1.54) is 24.3 Å². The van der Waals surface area contributed by atoms with E-state index in [2.05, 4.69) is 4.98 Å². The van der Waals surface area contributed by atoms with E-state index in [-0.39, 0.29) is 11.1 Å². The molecule has 0 aliphatic rings. The van der Waals surface area contributed by atoms with E-state index in [9.17, 15) is 29.8 Å². The van der Waals surface area contributed by atoms with Gasteiger partial charge in [0.15, 0.2) is 5.58 Å². The molecule has 0 unspecified atom stereocenters. The van der Waals surface area contributed by atoms with Crippen molar-refractivity contribution in [2.24, 2.45) is 0 Å². The van der Waals surface area contributed by atoms with E-state index in [0.29, 0.717) is 6.92 Å². The van der Waals surface area contributed by atoms with Crippen molar-refractivity contribution in [1.82, 2.24) is 4.98 Å². The third-order valence-electron chi connectivity index (χ3n) is 2.84. The number of hydrogen-bond donors (Lipinski definition) is 0. The molecule has 0 atom stereocenters. The number of Topliss-reactive ketones (excluding diaryl/α,β-unsaturated/α-hetero) is 1. The average Bonchev–Trinajstić information content (AvgIpc) is 2.38. The monoisotopic (exact) mass is 293 g/mol. The first-order chi connectivity index (χ1) is 9.81. The predicted molar refractivity (Wildman–Crippen MR) is 66.6 cm³/mol. The van der Waals surface area contributed by atoms with Gasteiger partial charge in [0, 0.05) is 6.92 Å². The molecule has 108 valence electrons. The quantitative estimate of drug-likeness (QED) is 0.449. The molecule has 0 fully saturated rings. The maximum absolute atomic E-state index is 11.8. The Bertz CT molecular complexity index is 790. The van der Waals surface area contributed by atoms with Gasteiger partial charge in [-0.15, -0.1) is 0 Å². The van der Waals surface area contributed by atoms with Crippen LogP contribution in [-0.2, 0) is 10.5 Å². The number of ketones is 1. The number of hydrogen-bond acceptors (Lipinski definition) is 8. The molecule has 0 aliphatic carbocycles. The fraction of sp³-hybridized carbons (Fsp3) is 0.182. The van der Waals surface area contributed by atoms with Crippen LogP contribution in [0.25, 0.3) is 11.1 Å². The third-order valence-corrected chi connectivity index (χ3v) is 2.84. The summed E-state index contributed by atoms with van der Waals surface area (Å²) in [5, 5.41) is 22.2. The van der Waals surface area contributed by atoms with E-state index in [0.717, 1.165) is 0 Å². The zero-order chi connectivity index (χ0) is 15.8. The lowest BCUT2D eigenvalue weighted by molar-refractivity contribution is -0.789. The van der Waals surface area contributed by atoms with Gasteiger partial charge in [0.1, 0.15) is 15.4 Å². The van der Waals surface area contributed by atoms with Crippen LogP contribution in [0, 0.1) is 20.2 Å². The topological polar surface area (TPSA) is 146 Å². The summed E-state index contributed by atoms with van der Waals surface area (Å²) in [5.41, 5.74) is -6.08. The van der Waals surface area contributed by atoms with Crippen molar-refractivity contribution in [2.75, 3.05) is 0 Å². The first-order valence-electron chi connectivity index (χ1n) is 5.52. The van der Waals surface area contributed by atoms with Gasteiger partial charge in [0.05, 0.1) is 0 Å². The van der Waals surface area contributed by atoms with Crippen LogP contribution in [0.3, 0.4) is 0 Å². The normalized spacial score (nSPS) is 11.3. The lowest BCUT2D eigenvalue weighted by Gasteiger charge is -2.12. The van der Waals surface area contributed by atoms with Gasteiger partial charge in [0.2, 0.25) is 0 Å². The zero-order valence-electron chi connectivity index (χ0n) is 10.5. The molecule has 0 radical (unpaired) electrons. The summed E-state index contributed by atoms with van der Waals surface area (Å²) >= 11 is 0. The summed E-state index contributed by atoms with van der Waals surface area (Å²) in [5.74, 6) is -1.45. The molecule has 1 aromatic heterocycles. The molecule has 1 aromatic carbocycles. The molecule has 1 heterocycles. The van der Waals surface area contributed by atoms with Gasteiger partial charge in [0.25, 0.3) is 11.5 Å². The lowest BCUT2D eigenvalue weighted by Crippen LogP contribution is -2.52. The van der Waals surface area contributed by atoms with Crippen LogP contribution in [0.15, 0.2) is 33.5 Å². The second-order valence-electron chi connectivity index (χ2n) is 4.06. The molecule has 0 saturated carbocycles. The van der Waals surface area contributed by atoms with Gasteiger partial charge in [-0.3, -0.25) is 25.0 Å². The highest BCUT2D eigenvalue weighted by Crippen LogP contribution is 2.24. The lowest BCUT2D eigenvalue weighted by atomic mass is 10.0. The van der Waals surface area contributed by atoms with Crippen LogP contribution in [0.4, 0.5) is 0 Å². The number of nitrogens with zero attached hydrogens (tertiary/aromatic N) is 3. The molecule has 10 nitrogen and oxygen atoms in total. The van der Waals surface area contributed by atoms with E-state index in [4.69, 9.17) is 4.42 Å². The van der Waals surface area contributed by atoms with Crippen molar-refractivity contribution in [1.29, 1.82) is 0 Å². The number of para-hydroxylation sites is 2. The van der Waals surface area contributed by atoms with Crippen molar-refractivity contribution in [2.45, 2.75) is 12.6 Å². The maximum atomic E-state index is 11.8. The van der Waals surface area contributed by atoms with Gasteiger partial charge in [-0.2, -0.15) is 0 Å². The summed E-state index contributed by atoms with van der Waals surface area (Å²) in [6, 6.07) is 5.71. The molecule has 0 aliphatic heterocycles. The fourth-order valence-electron chi connectivity index (χ4n) is 1.83. The Balaban J connectivity index is 2.92. The van der Waals surface area contributed by atoms with E-state index in [1.54, 1.807) is 0 Å². The minimum absolute atomic E-state index is 0.00426. The Kier molecular flexibility index (Phi) is 3.21. The molecule has 0 amide bonds. The Morgan fingerprint density at radius 2 is 1.81 bits per heavy atom. The van der Waals surface area contributed by atoms with Crippen molar-refractivity contribution < 1.29 is 19.1 Å². The highest BCUT2D eigenvalue weighted by molar-refractivity contribution is 5.84. The van der Waals surface area contributed by atoms with Crippen LogP contribution in [0.1, 0.15) is 12.6 Å². The Morgan fingerprint density at radius 1 is 1.24 bits per heavy atom. The van der Waals surface area contributed by atoms with Gasteiger partial charge in [-0.05, 0) is 12.1 Å².